The van der Waals surface area contributed by atoms with Crippen molar-refractivity contribution in [1.82, 2.24) is 15.1 Å². The maximum absolute atomic E-state index is 12.9. The Balaban J connectivity index is 1.19. The van der Waals surface area contributed by atoms with Gasteiger partial charge in [-0.3, -0.25) is 9.59 Å². The van der Waals surface area contributed by atoms with Crippen LogP contribution in [0.2, 0.25) is 0 Å². The molecule has 6 nitrogen and oxygen atoms in total. The zero-order chi connectivity index (χ0) is 25.6. The molecular formula is C28H25ClN4O2S2. The Kier molecular flexibility index (Phi) is 8.21. The number of fused-ring (bicyclic) bond motifs is 2. The highest BCUT2D eigenvalue weighted by Gasteiger charge is 2.20. The van der Waals surface area contributed by atoms with Gasteiger partial charge in [-0.1, -0.05) is 48.2 Å². The molecule has 3 N–H and O–H groups in total. The van der Waals surface area contributed by atoms with Crippen LogP contribution in [-0.4, -0.2) is 23.3 Å². The highest BCUT2D eigenvalue weighted by atomic mass is 35.5. The Bertz CT molecular complexity index is 1420. The van der Waals surface area contributed by atoms with Gasteiger partial charge in [-0.25, -0.2) is 9.82 Å². The summed E-state index contributed by atoms with van der Waals surface area (Å²) < 4.78 is 0. The van der Waals surface area contributed by atoms with E-state index in [1.165, 1.54) is 17.3 Å². The number of hydrogen-bond donors (Lipinski definition) is 3. The van der Waals surface area contributed by atoms with Crippen LogP contribution < -0.4 is 15.5 Å². The first-order chi connectivity index (χ1) is 18.1. The molecule has 37 heavy (non-hydrogen) atoms. The maximum atomic E-state index is 12.9. The van der Waals surface area contributed by atoms with Crippen LogP contribution in [0.3, 0.4) is 0 Å². The van der Waals surface area contributed by atoms with E-state index in [1.54, 1.807) is 35.7 Å². The van der Waals surface area contributed by atoms with E-state index >= 15 is 0 Å². The van der Waals surface area contributed by atoms with Gasteiger partial charge in [-0.15, -0.1) is 11.3 Å². The molecule has 3 aromatic carbocycles. The van der Waals surface area contributed by atoms with Crippen LogP contribution in [0.25, 0.3) is 10.6 Å². The third-order valence-electron chi connectivity index (χ3n) is 6.01. The first-order valence-corrected chi connectivity index (χ1v) is 14.0. The van der Waals surface area contributed by atoms with Crippen LogP contribution in [-0.2, 0) is 13.0 Å². The van der Waals surface area contributed by atoms with Crippen molar-refractivity contribution in [3.05, 3.63) is 94.5 Å². The van der Waals surface area contributed by atoms with E-state index in [-0.39, 0.29) is 11.8 Å². The fraction of sp³-hybridized carbons (Fsp3) is 0.179. The summed E-state index contributed by atoms with van der Waals surface area (Å²) in [5.74, 6) is -0.374. The number of halogens is 1. The Hall–Kier alpha value is -3.17. The SMILES string of the molecule is O=C(NCc1cnc(-c2ccc(CCCCNCl)cc2)s1)c1ccc2c(c1)NC(=O)c1ccccc1S2. The van der Waals surface area contributed by atoms with Gasteiger partial charge in [0.15, 0.2) is 0 Å². The average Bonchev–Trinajstić information content (AvgIpc) is 3.35. The largest absolute Gasteiger partial charge is 0.347 e. The monoisotopic (exact) mass is 548 g/mol. The normalized spacial score (nSPS) is 12.3. The minimum Gasteiger partial charge on any atom is -0.347 e. The number of carbonyl (C=O) groups is 2. The zero-order valence-corrected chi connectivity index (χ0v) is 22.3. The summed E-state index contributed by atoms with van der Waals surface area (Å²) in [4.78, 5) is 35.5. The van der Waals surface area contributed by atoms with E-state index in [1.807, 2.05) is 24.3 Å². The third kappa shape index (κ3) is 6.22. The standard InChI is InChI=1S/C28H25ClN4O2S2/c29-32-14-4-3-5-18-8-10-19(11-9-18)28-31-17-21(36-28)16-30-26(34)20-12-13-25-23(15-20)33-27(35)22-6-1-2-7-24(22)37-25/h1-2,6-13,15,17,32H,3-5,14,16H2,(H,30,34)(H,33,35). The minimum atomic E-state index is -0.201. The first kappa shape index (κ1) is 25.5. The highest BCUT2D eigenvalue weighted by Crippen LogP contribution is 2.39. The van der Waals surface area contributed by atoms with Crippen molar-refractivity contribution in [2.24, 2.45) is 0 Å². The number of hydrogen-bond acceptors (Lipinski definition) is 6. The van der Waals surface area contributed by atoms with Gasteiger partial charge in [0.1, 0.15) is 5.01 Å². The van der Waals surface area contributed by atoms with Gasteiger partial charge in [-0.05, 0) is 66.9 Å². The Labute approximate surface area is 229 Å². The predicted molar refractivity (Wildman–Crippen MR) is 150 cm³/mol. The Morgan fingerprint density at radius 2 is 1.84 bits per heavy atom. The number of benzene rings is 3. The van der Waals surface area contributed by atoms with Crippen molar-refractivity contribution in [1.29, 1.82) is 0 Å². The number of unbranched alkanes of at least 4 members (excludes halogenated alkanes) is 1. The molecular weight excluding hydrogens is 524 g/mol. The number of amides is 2. The summed E-state index contributed by atoms with van der Waals surface area (Å²) in [6.45, 7) is 1.20. The van der Waals surface area contributed by atoms with Gasteiger partial charge in [0.2, 0.25) is 0 Å². The second kappa shape index (κ2) is 11.9. The number of anilines is 1. The second-order valence-corrected chi connectivity index (χ2v) is 11.1. The lowest BCUT2D eigenvalue weighted by atomic mass is 10.1. The van der Waals surface area contributed by atoms with Gasteiger partial charge in [-0.2, -0.15) is 0 Å². The van der Waals surface area contributed by atoms with Crippen molar-refractivity contribution < 1.29 is 9.59 Å². The molecule has 0 aliphatic carbocycles. The molecule has 1 aromatic heterocycles. The smallest absolute Gasteiger partial charge is 0.256 e. The van der Waals surface area contributed by atoms with Crippen molar-refractivity contribution in [2.75, 3.05) is 11.9 Å². The highest BCUT2D eigenvalue weighted by molar-refractivity contribution is 7.99. The molecule has 0 spiro atoms. The van der Waals surface area contributed by atoms with Crippen LogP contribution in [0.1, 0.15) is 44.0 Å². The van der Waals surface area contributed by atoms with E-state index in [2.05, 4.69) is 44.7 Å². The van der Waals surface area contributed by atoms with E-state index in [0.29, 0.717) is 23.4 Å². The number of nitrogens with zero attached hydrogens (tertiary/aromatic N) is 1. The molecule has 0 bridgehead atoms. The summed E-state index contributed by atoms with van der Waals surface area (Å²) >= 11 is 8.58. The van der Waals surface area contributed by atoms with E-state index in [4.69, 9.17) is 11.8 Å². The molecule has 1 aliphatic heterocycles. The van der Waals surface area contributed by atoms with Gasteiger partial charge in [0.05, 0.1) is 17.8 Å². The van der Waals surface area contributed by atoms with Crippen LogP contribution in [0.15, 0.2) is 82.7 Å². The molecule has 2 amide bonds. The fourth-order valence-electron chi connectivity index (χ4n) is 4.04. The quantitative estimate of drug-likeness (QED) is 0.164. The van der Waals surface area contributed by atoms with Gasteiger partial charge in [0, 0.05) is 38.5 Å². The number of aryl methyl sites for hydroxylation is 1. The molecule has 188 valence electrons. The van der Waals surface area contributed by atoms with E-state index in [9.17, 15) is 9.59 Å². The van der Waals surface area contributed by atoms with Crippen LogP contribution in [0.5, 0.6) is 0 Å². The minimum absolute atomic E-state index is 0.173. The zero-order valence-electron chi connectivity index (χ0n) is 19.9. The Morgan fingerprint density at radius 3 is 2.68 bits per heavy atom. The van der Waals surface area contributed by atoms with Crippen LogP contribution >= 0.6 is 34.9 Å². The third-order valence-corrected chi connectivity index (χ3v) is 8.39. The molecule has 0 saturated carbocycles. The topological polar surface area (TPSA) is 83.1 Å². The summed E-state index contributed by atoms with van der Waals surface area (Å²) in [6.07, 6.45) is 4.95. The number of aromatic nitrogens is 1. The molecule has 0 fully saturated rings. The van der Waals surface area contributed by atoms with E-state index < -0.39 is 0 Å². The average molecular weight is 549 g/mol. The molecule has 0 atom stereocenters. The maximum Gasteiger partial charge on any atom is 0.256 e. The van der Waals surface area contributed by atoms with Gasteiger partial charge in [0.25, 0.3) is 11.8 Å². The lowest BCUT2D eigenvalue weighted by molar-refractivity contribution is 0.0949. The predicted octanol–water partition coefficient (Wildman–Crippen LogP) is 6.52. The number of carbonyl (C=O) groups excluding carboxylic acids is 2. The van der Waals surface area contributed by atoms with Crippen molar-refractivity contribution in [3.8, 4) is 10.6 Å². The lowest BCUT2D eigenvalue weighted by Crippen LogP contribution is -2.22. The molecule has 0 unspecified atom stereocenters. The second-order valence-electron chi connectivity index (χ2n) is 8.62. The van der Waals surface area contributed by atoms with Crippen molar-refractivity contribution >= 4 is 52.4 Å². The van der Waals surface area contributed by atoms with Gasteiger partial charge < -0.3 is 10.6 Å². The molecule has 5 rings (SSSR count). The number of nitrogens with one attached hydrogen (secondary N) is 3. The molecule has 0 radical (unpaired) electrons. The molecule has 1 aliphatic rings. The van der Waals surface area contributed by atoms with Crippen molar-refractivity contribution in [3.63, 3.8) is 0 Å². The lowest BCUT2D eigenvalue weighted by Gasteiger charge is -2.09. The fourth-order valence-corrected chi connectivity index (χ4v) is 6.04. The van der Waals surface area contributed by atoms with Crippen LogP contribution in [0.4, 0.5) is 5.69 Å². The van der Waals surface area contributed by atoms with Crippen molar-refractivity contribution in [2.45, 2.75) is 35.6 Å². The molecule has 0 saturated heterocycles. The van der Waals surface area contributed by atoms with E-state index in [0.717, 1.165) is 51.0 Å². The molecule has 2 heterocycles. The number of thiazole rings is 1. The van der Waals surface area contributed by atoms with Crippen LogP contribution in [0, 0.1) is 0 Å². The summed E-state index contributed by atoms with van der Waals surface area (Å²) in [5, 5.41) is 6.83. The first-order valence-electron chi connectivity index (χ1n) is 12.0. The Morgan fingerprint density at radius 1 is 1.00 bits per heavy atom. The summed E-state index contributed by atoms with van der Waals surface area (Å²) in [5.41, 5.74) is 4.12. The molecule has 4 aromatic rings. The summed E-state index contributed by atoms with van der Waals surface area (Å²) in [7, 11) is 0. The number of rotatable bonds is 9. The molecule has 9 heteroatoms. The van der Waals surface area contributed by atoms with Gasteiger partial charge >= 0.3 is 0 Å². The summed E-state index contributed by atoms with van der Waals surface area (Å²) in [6, 6.07) is 21.3.